The van der Waals surface area contributed by atoms with E-state index < -0.39 is 0 Å². The van der Waals surface area contributed by atoms with Gasteiger partial charge in [0.25, 0.3) is 0 Å². The Morgan fingerprint density at radius 1 is 1.19 bits per heavy atom. The predicted octanol–water partition coefficient (Wildman–Crippen LogP) is 5.55. The summed E-state index contributed by atoms with van der Waals surface area (Å²) in [5, 5.41) is 11.3. The van der Waals surface area contributed by atoms with E-state index in [4.69, 9.17) is 27.9 Å². The molecule has 5 rings (SSSR count). The second kappa shape index (κ2) is 10.5. The van der Waals surface area contributed by atoms with Crippen LogP contribution in [0.2, 0.25) is 10.0 Å². The van der Waals surface area contributed by atoms with Gasteiger partial charge in [-0.05, 0) is 80.0 Å². The van der Waals surface area contributed by atoms with E-state index in [0.29, 0.717) is 21.7 Å². The van der Waals surface area contributed by atoms with E-state index in [1.807, 2.05) is 30.1 Å². The molecule has 2 aliphatic carbocycles. The van der Waals surface area contributed by atoms with Gasteiger partial charge in [-0.25, -0.2) is 0 Å². The van der Waals surface area contributed by atoms with E-state index in [2.05, 4.69) is 11.0 Å². The number of halogens is 2. The molecule has 194 valence electrons. The molecule has 5 nitrogen and oxygen atoms in total. The van der Waals surface area contributed by atoms with Crippen LogP contribution in [-0.4, -0.2) is 66.8 Å². The van der Waals surface area contributed by atoms with Crippen LogP contribution in [-0.2, 0) is 21.4 Å². The van der Waals surface area contributed by atoms with Gasteiger partial charge in [0.2, 0.25) is 5.91 Å². The number of methoxy groups -OCH3 is 1. The van der Waals surface area contributed by atoms with E-state index in [9.17, 15) is 9.90 Å². The van der Waals surface area contributed by atoms with Gasteiger partial charge in [-0.1, -0.05) is 41.4 Å². The van der Waals surface area contributed by atoms with Crippen molar-refractivity contribution in [1.82, 2.24) is 9.80 Å². The molecular weight excluding hydrogens is 495 g/mol. The topological polar surface area (TPSA) is 53.0 Å². The molecular formula is C29H36Cl2N2O3. The lowest BCUT2D eigenvalue weighted by molar-refractivity contribution is -0.137. The summed E-state index contributed by atoms with van der Waals surface area (Å²) in [7, 11) is 3.72. The number of hydrogen-bond donors (Lipinski definition) is 1. The minimum Gasteiger partial charge on any atom is -0.508 e. The maximum atomic E-state index is 13.4. The van der Waals surface area contributed by atoms with Gasteiger partial charge in [-0.3, -0.25) is 4.79 Å². The summed E-state index contributed by atoms with van der Waals surface area (Å²) in [6.07, 6.45) is 5.68. The number of aromatic hydroxyl groups is 1. The van der Waals surface area contributed by atoms with Crippen molar-refractivity contribution in [3.8, 4) is 5.75 Å². The molecule has 7 heteroatoms. The number of fused-ring (bicyclic) bond motifs is 1. The third-order valence-corrected chi connectivity index (χ3v) is 9.55. The fourth-order valence-electron chi connectivity index (χ4n) is 6.58. The maximum absolute atomic E-state index is 13.4. The highest BCUT2D eigenvalue weighted by Gasteiger charge is 2.53. The van der Waals surface area contributed by atoms with Crippen molar-refractivity contribution in [3.63, 3.8) is 0 Å². The van der Waals surface area contributed by atoms with Gasteiger partial charge >= 0.3 is 0 Å². The average molecular weight is 532 g/mol. The second-order valence-corrected chi connectivity index (χ2v) is 11.9. The fourth-order valence-corrected chi connectivity index (χ4v) is 6.90. The number of phenolic OH excluding ortho intramolecular Hbond substituents is 1. The van der Waals surface area contributed by atoms with E-state index in [1.54, 1.807) is 25.3 Å². The van der Waals surface area contributed by atoms with Crippen molar-refractivity contribution >= 4 is 29.1 Å². The van der Waals surface area contributed by atoms with E-state index in [1.165, 1.54) is 19.4 Å². The summed E-state index contributed by atoms with van der Waals surface area (Å²) in [6, 6.07) is 13.2. The Balaban J connectivity index is 1.41. The van der Waals surface area contributed by atoms with Crippen LogP contribution >= 0.6 is 23.2 Å². The molecule has 1 aliphatic heterocycles. The monoisotopic (exact) mass is 530 g/mol. The number of rotatable bonds is 7. The summed E-state index contributed by atoms with van der Waals surface area (Å²) in [6.45, 7) is 3.21. The zero-order valence-electron chi connectivity index (χ0n) is 21.1. The standard InChI is InChI=1S/C29H36Cl2N2O3/c1-32(28(35)13-20-8-9-25(30)26(31)12-20)22-15-27(36-2)24-18-33(17-19-6-7-19)11-10-29(24,16-22)21-4-3-5-23(34)14-21/h3-5,8-9,12,14,19,22,24,27,34H,6-7,10-11,13,15-18H2,1-2H3/t22-,24-,27?,29-/m0/s1. The predicted molar refractivity (Wildman–Crippen MR) is 144 cm³/mol. The van der Waals surface area contributed by atoms with Gasteiger partial charge in [-0.2, -0.15) is 0 Å². The lowest BCUT2D eigenvalue weighted by Crippen LogP contribution is -2.61. The van der Waals surface area contributed by atoms with E-state index in [0.717, 1.165) is 49.4 Å². The molecule has 3 fully saturated rings. The number of likely N-dealkylation sites (tertiary alicyclic amines) is 1. The summed E-state index contributed by atoms with van der Waals surface area (Å²) in [5.41, 5.74) is 1.87. The fraction of sp³-hybridized carbons (Fsp3) is 0.552. The van der Waals surface area contributed by atoms with Crippen LogP contribution in [0.3, 0.4) is 0 Å². The number of likely N-dealkylation sites (N-methyl/N-ethyl adjacent to an activating group) is 1. The van der Waals surface area contributed by atoms with Gasteiger partial charge in [-0.15, -0.1) is 0 Å². The Hall–Kier alpha value is -1.79. The summed E-state index contributed by atoms with van der Waals surface area (Å²) >= 11 is 12.3. The highest BCUT2D eigenvalue weighted by molar-refractivity contribution is 6.42. The lowest BCUT2D eigenvalue weighted by Gasteiger charge is -2.56. The third-order valence-electron chi connectivity index (χ3n) is 8.81. The minimum atomic E-state index is -0.152. The number of carbonyl (C=O) groups excluding carboxylic acids is 1. The van der Waals surface area contributed by atoms with Crippen LogP contribution in [0, 0.1) is 11.8 Å². The summed E-state index contributed by atoms with van der Waals surface area (Å²) < 4.78 is 6.15. The number of nitrogens with zero attached hydrogens (tertiary/aromatic N) is 2. The Labute approximate surface area is 224 Å². The second-order valence-electron chi connectivity index (χ2n) is 11.1. The number of benzene rings is 2. The smallest absolute Gasteiger partial charge is 0.226 e. The van der Waals surface area contributed by atoms with Crippen molar-refractivity contribution in [2.24, 2.45) is 11.8 Å². The molecule has 1 N–H and O–H groups in total. The number of hydrogen-bond acceptors (Lipinski definition) is 4. The molecule has 4 atom stereocenters. The molecule has 1 amide bonds. The Kier molecular flexibility index (Phi) is 7.56. The SMILES string of the molecule is COC1C[C@H](N(C)C(=O)Cc2ccc(Cl)c(Cl)c2)C[C@]2(c3cccc(O)c3)CCN(CC3CC3)C[C@@H]12. The van der Waals surface area contributed by atoms with Gasteiger partial charge in [0.15, 0.2) is 0 Å². The maximum Gasteiger partial charge on any atom is 0.226 e. The third kappa shape index (κ3) is 5.26. The number of phenols is 1. The first-order valence-corrected chi connectivity index (χ1v) is 13.8. The molecule has 0 aromatic heterocycles. The van der Waals surface area contributed by atoms with Crippen molar-refractivity contribution in [1.29, 1.82) is 0 Å². The van der Waals surface area contributed by atoms with Crippen molar-refractivity contribution < 1.29 is 14.6 Å². The molecule has 1 unspecified atom stereocenters. The van der Waals surface area contributed by atoms with Crippen LogP contribution < -0.4 is 0 Å². The molecule has 0 radical (unpaired) electrons. The summed E-state index contributed by atoms with van der Waals surface area (Å²) in [4.78, 5) is 17.9. The van der Waals surface area contributed by atoms with Crippen LogP contribution in [0.1, 0.15) is 43.2 Å². The van der Waals surface area contributed by atoms with Crippen molar-refractivity contribution in [2.45, 2.75) is 56.1 Å². The Morgan fingerprint density at radius 2 is 2.00 bits per heavy atom. The highest BCUT2D eigenvalue weighted by Crippen LogP contribution is 2.51. The molecule has 3 aliphatic rings. The number of amides is 1. The molecule has 2 saturated carbocycles. The normalized spacial score (nSPS) is 28.5. The quantitative estimate of drug-likeness (QED) is 0.510. The average Bonchev–Trinajstić information content (AvgIpc) is 3.69. The molecule has 1 heterocycles. The Bertz CT molecular complexity index is 1110. The first-order valence-electron chi connectivity index (χ1n) is 13.0. The molecule has 0 spiro atoms. The molecule has 1 saturated heterocycles. The molecule has 2 aromatic carbocycles. The zero-order valence-corrected chi connectivity index (χ0v) is 22.6. The largest absolute Gasteiger partial charge is 0.508 e. The van der Waals surface area contributed by atoms with Gasteiger partial charge in [0, 0.05) is 44.6 Å². The zero-order chi connectivity index (χ0) is 25.4. The number of piperidine rings is 1. The number of carbonyl (C=O) groups is 1. The van der Waals surface area contributed by atoms with Crippen LogP contribution in [0.25, 0.3) is 0 Å². The van der Waals surface area contributed by atoms with Crippen molar-refractivity contribution in [3.05, 3.63) is 63.6 Å². The number of ether oxygens (including phenoxy) is 1. The van der Waals surface area contributed by atoms with Gasteiger partial charge in [0.1, 0.15) is 5.75 Å². The first-order chi connectivity index (χ1) is 17.3. The lowest BCUT2D eigenvalue weighted by atomic mass is 9.56. The molecule has 0 bridgehead atoms. The van der Waals surface area contributed by atoms with E-state index in [-0.39, 0.29) is 29.9 Å². The van der Waals surface area contributed by atoms with Crippen LogP contribution in [0.5, 0.6) is 5.75 Å². The van der Waals surface area contributed by atoms with Gasteiger partial charge < -0.3 is 19.6 Å². The first kappa shape index (κ1) is 25.8. The molecule has 36 heavy (non-hydrogen) atoms. The minimum absolute atomic E-state index is 0.0355. The van der Waals surface area contributed by atoms with Crippen LogP contribution in [0.15, 0.2) is 42.5 Å². The molecule has 2 aromatic rings. The van der Waals surface area contributed by atoms with E-state index >= 15 is 0 Å². The highest BCUT2D eigenvalue weighted by atomic mass is 35.5. The van der Waals surface area contributed by atoms with Crippen LogP contribution in [0.4, 0.5) is 0 Å². The summed E-state index contributed by atoms with van der Waals surface area (Å²) in [5.74, 6) is 1.51. The van der Waals surface area contributed by atoms with Crippen molar-refractivity contribution in [2.75, 3.05) is 33.8 Å². The Morgan fingerprint density at radius 3 is 2.69 bits per heavy atom. The van der Waals surface area contributed by atoms with Gasteiger partial charge in [0.05, 0.1) is 22.6 Å².